The molecule has 0 aromatic heterocycles. The van der Waals surface area contributed by atoms with Crippen molar-refractivity contribution in [2.24, 2.45) is 0 Å². The van der Waals surface area contributed by atoms with E-state index in [4.69, 9.17) is 0 Å². The van der Waals surface area contributed by atoms with Gasteiger partial charge in [-0.1, -0.05) is 32.0 Å². The summed E-state index contributed by atoms with van der Waals surface area (Å²) in [6.07, 6.45) is 2.47. The van der Waals surface area contributed by atoms with E-state index < -0.39 is 10.0 Å². The van der Waals surface area contributed by atoms with Gasteiger partial charge in [-0.2, -0.15) is 0 Å². The van der Waals surface area contributed by atoms with Gasteiger partial charge in [0.25, 0.3) is 10.0 Å². The summed E-state index contributed by atoms with van der Waals surface area (Å²) in [4.78, 5) is 13.6. The second-order valence-electron chi connectivity index (χ2n) is 6.51. The zero-order valence-electron chi connectivity index (χ0n) is 15.4. The number of benzene rings is 2. The normalized spacial score (nSPS) is 14.3. The standard InChI is InChI=1S/C20H24N2O3S/c1-4-14-7-6-8-15(5-2)20(14)21-26(24,25)17-10-11-18-16(13-17)9-12-19(23)22(18)3/h6-8,10-11,13,21H,4-5,9,12H2,1-3H3. The van der Waals surface area contributed by atoms with Gasteiger partial charge in [0, 0.05) is 19.2 Å². The van der Waals surface area contributed by atoms with Crippen LogP contribution in [0.25, 0.3) is 0 Å². The fourth-order valence-electron chi connectivity index (χ4n) is 3.37. The number of fused-ring (bicyclic) bond motifs is 1. The number of hydrogen-bond donors (Lipinski definition) is 1. The van der Waals surface area contributed by atoms with Crippen LogP contribution in [0.1, 0.15) is 37.0 Å². The summed E-state index contributed by atoms with van der Waals surface area (Å²) in [6, 6.07) is 10.8. The number of rotatable bonds is 5. The minimum Gasteiger partial charge on any atom is -0.315 e. The second-order valence-corrected chi connectivity index (χ2v) is 8.19. The Labute approximate surface area is 155 Å². The van der Waals surface area contributed by atoms with Crippen LogP contribution in [0.5, 0.6) is 0 Å². The number of amides is 1. The number of para-hydroxylation sites is 1. The van der Waals surface area contributed by atoms with E-state index in [9.17, 15) is 13.2 Å². The first-order valence-electron chi connectivity index (χ1n) is 8.90. The van der Waals surface area contributed by atoms with E-state index in [2.05, 4.69) is 4.72 Å². The van der Waals surface area contributed by atoms with E-state index in [1.54, 1.807) is 30.1 Å². The van der Waals surface area contributed by atoms with Crippen LogP contribution in [0, 0.1) is 0 Å². The minimum atomic E-state index is -3.70. The van der Waals surface area contributed by atoms with E-state index in [0.717, 1.165) is 35.2 Å². The van der Waals surface area contributed by atoms with Crippen molar-refractivity contribution in [3.63, 3.8) is 0 Å². The number of sulfonamides is 1. The van der Waals surface area contributed by atoms with Gasteiger partial charge in [0.15, 0.2) is 0 Å². The molecule has 6 heteroatoms. The molecule has 2 aromatic carbocycles. The van der Waals surface area contributed by atoms with Gasteiger partial charge in [-0.05, 0) is 54.2 Å². The summed E-state index contributed by atoms with van der Waals surface area (Å²) in [5.74, 6) is 0.0516. The molecule has 0 fully saturated rings. The van der Waals surface area contributed by atoms with Crippen LogP contribution >= 0.6 is 0 Å². The topological polar surface area (TPSA) is 66.5 Å². The van der Waals surface area contributed by atoms with Crippen LogP contribution in [-0.2, 0) is 34.1 Å². The van der Waals surface area contributed by atoms with Crippen LogP contribution in [0.4, 0.5) is 11.4 Å². The smallest absolute Gasteiger partial charge is 0.261 e. The summed E-state index contributed by atoms with van der Waals surface area (Å²) in [7, 11) is -1.98. The molecule has 1 aliphatic rings. The van der Waals surface area contributed by atoms with E-state index in [1.807, 2.05) is 32.0 Å². The number of hydrogen-bond acceptors (Lipinski definition) is 3. The minimum absolute atomic E-state index is 0.0516. The third-order valence-corrected chi connectivity index (χ3v) is 6.29. The molecule has 1 aliphatic heterocycles. The molecular formula is C20H24N2O3S. The first-order valence-corrected chi connectivity index (χ1v) is 10.4. The summed E-state index contributed by atoms with van der Waals surface area (Å²) in [6.45, 7) is 4.02. The predicted molar refractivity (Wildman–Crippen MR) is 104 cm³/mol. The zero-order valence-corrected chi connectivity index (χ0v) is 16.2. The van der Waals surface area contributed by atoms with E-state index >= 15 is 0 Å². The quantitative estimate of drug-likeness (QED) is 0.873. The van der Waals surface area contributed by atoms with Crippen LogP contribution in [0.15, 0.2) is 41.3 Å². The molecule has 1 N–H and O–H groups in total. The molecule has 0 bridgehead atoms. The molecule has 3 rings (SSSR count). The summed E-state index contributed by atoms with van der Waals surface area (Å²) in [5, 5.41) is 0. The first kappa shape index (κ1) is 18.5. The molecule has 0 saturated carbocycles. The van der Waals surface area contributed by atoms with Crippen molar-refractivity contribution in [3.8, 4) is 0 Å². The molecule has 0 aliphatic carbocycles. The lowest BCUT2D eigenvalue weighted by Crippen LogP contribution is -2.31. The Morgan fingerprint density at radius 3 is 2.31 bits per heavy atom. The highest BCUT2D eigenvalue weighted by atomic mass is 32.2. The average Bonchev–Trinajstić information content (AvgIpc) is 2.64. The fourth-order valence-corrected chi connectivity index (χ4v) is 4.56. The highest BCUT2D eigenvalue weighted by Crippen LogP contribution is 2.31. The average molecular weight is 372 g/mol. The predicted octanol–water partition coefficient (Wildman–Crippen LogP) is 3.52. The number of carbonyl (C=O) groups is 1. The zero-order chi connectivity index (χ0) is 18.9. The molecule has 0 radical (unpaired) electrons. The number of carbonyl (C=O) groups excluding carboxylic acids is 1. The number of nitrogens with zero attached hydrogens (tertiary/aromatic N) is 1. The molecule has 1 amide bonds. The maximum absolute atomic E-state index is 13.0. The molecule has 0 atom stereocenters. The van der Waals surface area contributed by atoms with Gasteiger partial charge in [0.05, 0.1) is 10.6 Å². The molecule has 0 spiro atoms. The number of nitrogens with one attached hydrogen (secondary N) is 1. The molecule has 5 nitrogen and oxygen atoms in total. The Bertz CT molecular complexity index is 929. The van der Waals surface area contributed by atoms with E-state index in [-0.39, 0.29) is 10.8 Å². The van der Waals surface area contributed by atoms with Crippen LogP contribution in [-0.4, -0.2) is 21.4 Å². The molecule has 0 unspecified atom stereocenters. The van der Waals surface area contributed by atoms with Crippen molar-refractivity contribution < 1.29 is 13.2 Å². The van der Waals surface area contributed by atoms with Crippen molar-refractivity contribution in [2.75, 3.05) is 16.7 Å². The largest absolute Gasteiger partial charge is 0.315 e. The van der Waals surface area contributed by atoms with Gasteiger partial charge in [-0.3, -0.25) is 9.52 Å². The molecule has 1 heterocycles. The van der Waals surface area contributed by atoms with Crippen molar-refractivity contribution in [1.29, 1.82) is 0 Å². The van der Waals surface area contributed by atoms with Gasteiger partial charge in [-0.25, -0.2) is 8.42 Å². The number of anilines is 2. The van der Waals surface area contributed by atoms with E-state index in [1.165, 1.54) is 0 Å². The lowest BCUT2D eigenvalue weighted by Gasteiger charge is -2.26. The summed E-state index contributed by atoms with van der Waals surface area (Å²) in [5.41, 5.74) is 4.31. The molecule has 26 heavy (non-hydrogen) atoms. The highest BCUT2D eigenvalue weighted by Gasteiger charge is 2.24. The van der Waals surface area contributed by atoms with Gasteiger partial charge in [0.2, 0.25) is 5.91 Å². The molecule has 0 saturated heterocycles. The van der Waals surface area contributed by atoms with Gasteiger partial charge < -0.3 is 4.90 Å². The molecule has 2 aromatic rings. The Kier molecular flexibility index (Phi) is 5.05. The van der Waals surface area contributed by atoms with Crippen molar-refractivity contribution >= 4 is 27.3 Å². The fraction of sp³-hybridized carbons (Fsp3) is 0.350. The third kappa shape index (κ3) is 3.33. The Morgan fingerprint density at radius 1 is 1.04 bits per heavy atom. The first-order chi connectivity index (χ1) is 12.4. The van der Waals surface area contributed by atoms with Crippen molar-refractivity contribution in [1.82, 2.24) is 0 Å². The maximum Gasteiger partial charge on any atom is 0.261 e. The molecular weight excluding hydrogens is 348 g/mol. The Balaban J connectivity index is 1.99. The molecule has 138 valence electrons. The maximum atomic E-state index is 13.0. The SMILES string of the molecule is CCc1cccc(CC)c1NS(=O)(=O)c1ccc2c(c1)CCC(=O)N2C. The van der Waals surface area contributed by atoms with E-state index in [0.29, 0.717) is 18.5 Å². The van der Waals surface area contributed by atoms with Crippen LogP contribution in [0.2, 0.25) is 0 Å². The number of aryl methyl sites for hydroxylation is 3. The summed E-state index contributed by atoms with van der Waals surface area (Å²) < 4.78 is 28.7. The van der Waals surface area contributed by atoms with Gasteiger partial charge in [-0.15, -0.1) is 0 Å². The van der Waals surface area contributed by atoms with Gasteiger partial charge >= 0.3 is 0 Å². The van der Waals surface area contributed by atoms with Gasteiger partial charge in [0.1, 0.15) is 0 Å². The monoisotopic (exact) mass is 372 g/mol. The van der Waals surface area contributed by atoms with Crippen molar-refractivity contribution in [3.05, 3.63) is 53.1 Å². The lowest BCUT2D eigenvalue weighted by molar-refractivity contribution is -0.118. The highest BCUT2D eigenvalue weighted by molar-refractivity contribution is 7.92. The summed E-state index contributed by atoms with van der Waals surface area (Å²) >= 11 is 0. The lowest BCUT2D eigenvalue weighted by atomic mass is 10.0. The Hall–Kier alpha value is -2.34. The van der Waals surface area contributed by atoms with Crippen LogP contribution in [0.3, 0.4) is 0 Å². The Morgan fingerprint density at radius 2 is 1.69 bits per heavy atom. The second kappa shape index (κ2) is 7.11. The van der Waals surface area contributed by atoms with Crippen molar-refractivity contribution in [2.45, 2.75) is 44.4 Å². The van der Waals surface area contributed by atoms with Crippen LogP contribution < -0.4 is 9.62 Å². The third-order valence-electron chi connectivity index (χ3n) is 4.94.